The van der Waals surface area contributed by atoms with Gasteiger partial charge in [0.25, 0.3) is 5.91 Å². The highest BCUT2D eigenvalue weighted by atomic mass is 32.2. The second-order valence-electron chi connectivity index (χ2n) is 8.36. The van der Waals surface area contributed by atoms with Gasteiger partial charge in [-0.3, -0.25) is 10.0 Å². The monoisotopic (exact) mass is 561 g/mol. The summed E-state index contributed by atoms with van der Waals surface area (Å²) in [6, 6.07) is 10.2. The number of ether oxygens (including phenoxy) is 1. The van der Waals surface area contributed by atoms with Crippen molar-refractivity contribution in [2.45, 2.75) is 60.7 Å². The van der Waals surface area contributed by atoms with Gasteiger partial charge in [-0.25, -0.2) is 18.9 Å². The maximum Gasteiger partial charge on any atom is 0.261 e. The van der Waals surface area contributed by atoms with Crippen molar-refractivity contribution in [2.24, 2.45) is 0 Å². The third-order valence-corrected chi connectivity index (χ3v) is 9.25. The van der Waals surface area contributed by atoms with E-state index >= 15 is 0 Å². The van der Waals surface area contributed by atoms with E-state index in [-0.39, 0.29) is 17.9 Å². The van der Waals surface area contributed by atoms with Gasteiger partial charge in [-0.1, -0.05) is 62.4 Å². The first-order valence-electron chi connectivity index (χ1n) is 12.0. The van der Waals surface area contributed by atoms with Crippen molar-refractivity contribution in [3.05, 3.63) is 48.0 Å². The van der Waals surface area contributed by atoms with Gasteiger partial charge in [0.15, 0.2) is 4.34 Å². The van der Waals surface area contributed by atoms with E-state index in [0.717, 1.165) is 26.7 Å². The molecule has 1 heterocycles. The number of carbonyl (C=O) groups excluding carboxylic acids is 1. The third-order valence-electron chi connectivity index (χ3n) is 5.53. The van der Waals surface area contributed by atoms with Crippen LogP contribution in [0.2, 0.25) is 0 Å². The van der Waals surface area contributed by atoms with E-state index in [9.17, 15) is 18.4 Å². The highest BCUT2D eigenvalue weighted by Gasteiger charge is 2.26. The summed E-state index contributed by atoms with van der Waals surface area (Å²) in [7, 11) is -4.06. The van der Waals surface area contributed by atoms with Gasteiger partial charge in [-0.05, 0) is 48.7 Å². The summed E-state index contributed by atoms with van der Waals surface area (Å²) in [6.07, 6.45) is 11.2. The topological polar surface area (TPSA) is 118 Å². The fourth-order valence-corrected chi connectivity index (χ4v) is 7.05. The minimum absolute atomic E-state index is 0.0168. The number of sulfonamides is 1. The van der Waals surface area contributed by atoms with E-state index in [1.54, 1.807) is 53.6 Å². The molecule has 0 aliphatic heterocycles. The predicted molar refractivity (Wildman–Crippen MR) is 148 cm³/mol. The SMILES string of the molecule is C#CCOc1ccc(C[C@@H](NS(=O)(=O)c2ccc3nc(SCCCCCCC)sc3c2)C(=O)NO)cc1. The fraction of sp³-hybridized carbons (Fsp3) is 0.385. The zero-order valence-corrected chi connectivity index (χ0v) is 23.1. The number of aromatic nitrogens is 1. The zero-order chi connectivity index (χ0) is 26.7. The quantitative estimate of drug-likeness (QED) is 0.0805. The van der Waals surface area contributed by atoms with Gasteiger partial charge < -0.3 is 4.74 Å². The van der Waals surface area contributed by atoms with Crippen LogP contribution in [0.5, 0.6) is 5.75 Å². The highest BCUT2D eigenvalue weighted by molar-refractivity contribution is 8.01. The van der Waals surface area contributed by atoms with E-state index < -0.39 is 22.0 Å². The summed E-state index contributed by atoms with van der Waals surface area (Å²) >= 11 is 3.14. The van der Waals surface area contributed by atoms with Gasteiger partial charge in [0, 0.05) is 5.75 Å². The Morgan fingerprint density at radius 1 is 1.19 bits per heavy atom. The lowest BCUT2D eigenvalue weighted by molar-refractivity contribution is -0.130. The summed E-state index contributed by atoms with van der Waals surface area (Å²) < 4.78 is 35.7. The van der Waals surface area contributed by atoms with Crippen LogP contribution in [0.1, 0.15) is 44.6 Å². The van der Waals surface area contributed by atoms with Gasteiger partial charge in [-0.15, -0.1) is 17.8 Å². The van der Waals surface area contributed by atoms with Crippen LogP contribution in [0.4, 0.5) is 0 Å². The molecule has 3 rings (SSSR count). The molecular formula is C26H31N3O5S3. The van der Waals surface area contributed by atoms with Crippen LogP contribution >= 0.6 is 23.1 Å². The van der Waals surface area contributed by atoms with Crippen molar-refractivity contribution >= 4 is 49.2 Å². The largest absolute Gasteiger partial charge is 0.481 e. The summed E-state index contributed by atoms with van der Waals surface area (Å²) in [6.45, 7) is 2.32. The molecule has 1 atom stereocenters. The van der Waals surface area contributed by atoms with Crippen LogP contribution in [0.25, 0.3) is 10.2 Å². The number of hydrogen-bond donors (Lipinski definition) is 3. The predicted octanol–water partition coefficient (Wildman–Crippen LogP) is 4.77. The molecular weight excluding hydrogens is 531 g/mol. The maximum absolute atomic E-state index is 13.1. The van der Waals surface area contributed by atoms with Gasteiger partial charge in [-0.2, -0.15) is 4.72 Å². The van der Waals surface area contributed by atoms with Crippen LogP contribution in [0.3, 0.4) is 0 Å². The van der Waals surface area contributed by atoms with E-state index in [1.165, 1.54) is 43.1 Å². The van der Waals surface area contributed by atoms with Gasteiger partial charge in [0.2, 0.25) is 10.0 Å². The highest BCUT2D eigenvalue weighted by Crippen LogP contribution is 2.31. The van der Waals surface area contributed by atoms with Crippen molar-refractivity contribution in [1.82, 2.24) is 15.2 Å². The molecule has 0 aliphatic rings. The number of hydroxylamine groups is 1. The molecule has 37 heavy (non-hydrogen) atoms. The average molecular weight is 562 g/mol. The Morgan fingerprint density at radius 3 is 2.65 bits per heavy atom. The molecule has 0 aliphatic carbocycles. The Balaban J connectivity index is 1.68. The number of thioether (sulfide) groups is 1. The standard InChI is InChI=1S/C26H31N3O5S3/c1-3-5-6-7-8-16-35-26-27-22-14-13-21(18-24(22)36-26)37(32,33)29-23(25(30)28-31)17-19-9-11-20(12-10-19)34-15-4-2/h2,9-14,18,23,29,31H,3,5-8,15-17H2,1H3,(H,28,30)/t23-/m1/s1. The summed E-state index contributed by atoms with van der Waals surface area (Å²) in [5.74, 6) is 3.04. The molecule has 8 nitrogen and oxygen atoms in total. The van der Waals surface area contributed by atoms with Gasteiger partial charge >= 0.3 is 0 Å². The third kappa shape index (κ3) is 8.72. The second-order valence-corrected chi connectivity index (χ2v) is 12.4. The average Bonchev–Trinajstić information content (AvgIpc) is 3.31. The number of amides is 1. The molecule has 0 spiro atoms. The number of nitrogens with zero attached hydrogens (tertiary/aromatic N) is 1. The van der Waals surface area contributed by atoms with Crippen LogP contribution in [0, 0.1) is 12.3 Å². The van der Waals surface area contributed by atoms with Crippen molar-refractivity contribution in [1.29, 1.82) is 0 Å². The van der Waals surface area contributed by atoms with Crippen LogP contribution in [-0.4, -0.2) is 42.9 Å². The Morgan fingerprint density at radius 2 is 1.95 bits per heavy atom. The normalized spacial score (nSPS) is 12.2. The van der Waals surface area contributed by atoms with Crippen molar-refractivity contribution in [2.75, 3.05) is 12.4 Å². The number of fused-ring (bicyclic) bond motifs is 1. The minimum Gasteiger partial charge on any atom is -0.481 e. The number of nitrogens with one attached hydrogen (secondary N) is 2. The molecule has 1 amide bonds. The van der Waals surface area contributed by atoms with Crippen LogP contribution in [0.15, 0.2) is 51.7 Å². The molecule has 2 aromatic carbocycles. The van der Waals surface area contributed by atoms with Crippen LogP contribution < -0.4 is 14.9 Å². The van der Waals surface area contributed by atoms with Gasteiger partial charge in [0.1, 0.15) is 18.4 Å². The number of benzene rings is 2. The second kappa shape index (κ2) is 14.4. The van der Waals surface area contributed by atoms with E-state index in [0.29, 0.717) is 11.3 Å². The Kier molecular flexibility index (Phi) is 11.2. The first-order chi connectivity index (χ1) is 17.9. The number of terminal acetylenes is 1. The maximum atomic E-state index is 13.1. The molecule has 0 bridgehead atoms. The molecule has 11 heteroatoms. The van der Waals surface area contributed by atoms with Crippen molar-refractivity contribution in [3.8, 4) is 18.1 Å². The molecule has 198 valence electrons. The Hall–Kier alpha value is -2.62. The van der Waals surface area contributed by atoms with E-state index in [4.69, 9.17) is 11.2 Å². The van der Waals surface area contributed by atoms with Gasteiger partial charge in [0.05, 0.1) is 15.1 Å². The van der Waals surface area contributed by atoms with Crippen molar-refractivity contribution in [3.63, 3.8) is 0 Å². The summed E-state index contributed by atoms with van der Waals surface area (Å²) in [4.78, 5) is 16.9. The molecule has 0 unspecified atom stereocenters. The molecule has 3 N–H and O–H groups in total. The Bertz CT molecular complexity index is 1320. The Labute approximate surface area is 226 Å². The summed E-state index contributed by atoms with van der Waals surface area (Å²) in [5.41, 5.74) is 2.94. The summed E-state index contributed by atoms with van der Waals surface area (Å²) in [5, 5.41) is 9.19. The van der Waals surface area contributed by atoms with Crippen LogP contribution in [-0.2, 0) is 21.2 Å². The first-order valence-corrected chi connectivity index (χ1v) is 15.3. The first kappa shape index (κ1) is 28.9. The van der Waals surface area contributed by atoms with Crippen molar-refractivity contribution < 1.29 is 23.2 Å². The lowest BCUT2D eigenvalue weighted by atomic mass is 10.1. The number of carbonyl (C=O) groups is 1. The fourth-order valence-electron chi connectivity index (χ4n) is 3.58. The van der Waals surface area contributed by atoms with E-state index in [1.807, 2.05) is 0 Å². The number of rotatable bonds is 15. The van der Waals surface area contributed by atoms with E-state index in [2.05, 4.69) is 22.6 Å². The molecule has 0 saturated carbocycles. The number of unbranched alkanes of at least 4 members (excludes halogenated alkanes) is 4. The molecule has 3 aromatic rings. The lowest BCUT2D eigenvalue weighted by Gasteiger charge is -2.17. The minimum atomic E-state index is -4.06. The molecule has 0 fully saturated rings. The zero-order valence-electron chi connectivity index (χ0n) is 20.6. The number of thiazole rings is 1. The molecule has 0 radical (unpaired) electrons. The smallest absolute Gasteiger partial charge is 0.261 e. The molecule has 1 aromatic heterocycles. The number of hydrogen-bond acceptors (Lipinski definition) is 8. The lowest BCUT2D eigenvalue weighted by Crippen LogP contribution is -2.47. The molecule has 0 saturated heterocycles.